The van der Waals surface area contributed by atoms with Gasteiger partial charge < -0.3 is 15.1 Å². The minimum atomic E-state index is 0.0711. The number of rotatable bonds is 6. The summed E-state index contributed by atoms with van der Waals surface area (Å²) in [4.78, 5) is 13.6. The third kappa shape index (κ3) is 5.01. The van der Waals surface area contributed by atoms with Gasteiger partial charge in [-0.25, -0.2) is 0 Å². The topological polar surface area (TPSA) is 57.5 Å². The summed E-state index contributed by atoms with van der Waals surface area (Å²) in [6.45, 7) is 3.02. The summed E-state index contributed by atoms with van der Waals surface area (Å²) in [5.74, 6) is 1.74. The number of halogens is 2. The first-order valence-electron chi connectivity index (χ1n) is 8.75. The van der Waals surface area contributed by atoms with Crippen LogP contribution in [-0.2, 0) is 11.3 Å². The Morgan fingerprint density at radius 1 is 1.19 bits per heavy atom. The van der Waals surface area contributed by atoms with Crippen molar-refractivity contribution in [1.29, 1.82) is 0 Å². The van der Waals surface area contributed by atoms with E-state index in [-0.39, 0.29) is 5.91 Å². The van der Waals surface area contributed by atoms with Gasteiger partial charge in [-0.15, -0.1) is 0 Å². The molecule has 1 amide bonds. The molecule has 2 aromatic rings. The van der Waals surface area contributed by atoms with Gasteiger partial charge >= 0.3 is 0 Å². The smallest absolute Gasteiger partial charge is 0.233 e. The Morgan fingerprint density at radius 3 is 2.65 bits per heavy atom. The molecule has 0 radical (unpaired) electrons. The van der Waals surface area contributed by atoms with E-state index in [4.69, 9.17) is 27.6 Å². The van der Waals surface area contributed by atoms with E-state index in [0.29, 0.717) is 29.2 Å². The van der Waals surface area contributed by atoms with Gasteiger partial charge in [-0.2, -0.15) is 0 Å². The van der Waals surface area contributed by atoms with Gasteiger partial charge in [0.15, 0.2) is 0 Å². The zero-order valence-electron chi connectivity index (χ0n) is 14.7. The molecule has 0 unspecified atom stereocenters. The number of hydrogen-bond acceptors (Lipinski definition) is 4. The van der Waals surface area contributed by atoms with Crippen LogP contribution >= 0.6 is 23.2 Å². The molecule has 1 fully saturated rings. The lowest BCUT2D eigenvalue weighted by molar-refractivity contribution is -0.122. The summed E-state index contributed by atoms with van der Waals surface area (Å²) in [5.41, 5.74) is 0.910. The van der Waals surface area contributed by atoms with Crippen molar-refractivity contribution < 1.29 is 9.21 Å². The van der Waals surface area contributed by atoms with Gasteiger partial charge in [-0.1, -0.05) is 23.2 Å². The quantitative estimate of drug-likeness (QED) is 0.784. The Labute approximate surface area is 163 Å². The molecule has 2 N–H and O–H groups in total. The number of likely N-dealkylation sites (tertiary alicyclic amines) is 1. The fraction of sp³-hybridized carbons (Fsp3) is 0.421. The molecule has 1 saturated heterocycles. The molecule has 2 heterocycles. The average Bonchev–Trinajstić information content (AvgIpc) is 3.12. The van der Waals surface area contributed by atoms with Crippen molar-refractivity contribution in [3.8, 4) is 11.3 Å². The van der Waals surface area contributed by atoms with Crippen LogP contribution in [-0.4, -0.2) is 43.5 Å². The number of carbonyl (C=O) groups excluding carboxylic acids is 1. The van der Waals surface area contributed by atoms with Crippen molar-refractivity contribution in [2.75, 3.05) is 26.7 Å². The largest absolute Gasteiger partial charge is 0.460 e. The van der Waals surface area contributed by atoms with E-state index >= 15 is 0 Å². The van der Waals surface area contributed by atoms with Crippen molar-refractivity contribution >= 4 is 29.1 Å². The molecule has 0 saturated carbocycles. The molecular formula is C19H23Cl2N3O2. The standard InChI is InChI=1S/C19H23Cl2N3O2/c1-22-19(25)12-24-8-6-14(7-9-24)23-11-15-3-5-18(26-15)13-2-4-16(20)17(21)10-13/h2-5,10,14,23H,6-9,11-12H2,1H3,(H,22,25). The molecule has 0 aliphatic carbocycles. The van der Waals surface area contributed by atoms with E-state index < -0.39 is 0 Å². The first-order chi connectivity index (χ1) is 12.5. The van der Waals surface area contributed by atoms with Gasteiger partial charge in [0.2, 0.25) is 5.91 Å². The van der Waals surface area contributed by atoms with Crippen molar-refractivity contribution in [2.45, 2.75) is 25.4 Å². The molecule has 3 rings (SSSR count). The van der Waals surface area contributed by atoms with Crippen molar-refractivity contribution in [1.82, 2.24) is 15.5 Å². The van der Waals surface area contributed by atoms with Crippen LogP contribution < -0.4 is 10.6 Å². The minimum absolute atomic E-state index is 0.0711. The van der Waals surface area contributed by atoms with Crippen LogP contribution in [0.4, 0.5) is 0 Å². The normalized spacial score (nSPS) is 16.0. The van der Waals surface area contributed by atoms with Crippen LogP contribution in [0.25, 0.3) is 11.3 Å². The highest BCUT2D eigenvalue weighted by Gasteiger charge is 2.20. The second-order valence-corrected chi connectivity index (χ2v) is 7.31. The lowest BCUT2D eigenvalue weighted by Gasteiger charge is -2.31. The second kappa shape index (κ2) is 8.91. The first-order valence-corrected chi connectivity index (χ1v) is 9.51. The van der Waals surface area contributed by atoms with Gasteiger partial charge in [-0.05, 0) is 43.2 Å². The van der Waals surface area contributed by atoms with Gasteiger partial charge in [0.1, 0.15) is 11.5 Å². The molecule has 5 nitrogen and oxygen atoms in total. The maximum atomic E-state index is 11.4. The van der Waals surface area contributed by atoms with E-state index in [0.717, 1.165) is 43.0 Å². The molecule has 1 aliphatic rings. The Kier molecular flexibility index (Phi) is 6.59. The van der Waals surface area contributed by atoms with Crippen molar-refractivity contribution in [3.63, 3.8) is 0 Å². The van der Waals surface area contributed by atoms with Crippen molar-refractivity contribution in [2.24, 2.45) is 0 Å². The molecule has 1 aliphatic heterocycles. The Bertz CT molecular complexity index is 755. The van der Waals surface area contributed by atoms with E-state index in [1.54, 1.807) is 13.1 Å². The van der Waals surface area contributed by atoms with Crippen molar-refractivity contribution in [3.05, 3.63) is 46.1 Å². The number of amides is 1. The highest BCUT2D eigenvalue weighted by Crippen LogP contribution is 2.29. The SMILES string of the molecule is CNC(=O)CN1CCC(NCc2ccc(-c3ccc(Cl)c(Cl)c3)o2)CC1. The zero-order valence-corrected chi connectivity index (χ0v) is 16.2. The molecule has 1 aromatic carbocycles. The third-order valence-corrected chi connectivity index (χ3v) is 5.40. The fourth-order valence-corrected chi connectivity index (χ4v) is 3.40. The molecule has 0 atom stereocenters. The number of furan rings is 1. The highest BCUT2D eigenvalue weighted by molar-refractivity contribution is 6.42. The molecule has 7 heteroatoms. The Hall–Kier alpha value is -1.53. The summed E-state index contributed by atoms with van der Waals surface area (Å²) >= 11 is 12.0. The number of nitrogens with one attached hydrogen (secondary N) is 2. The molecular weight excluding hydrogens is 373 g/mol. The Balaban J connectivity index is 1.48. The van der Waals surface area contributed by atoms with Crippen LogP contribution in [0.5, 0.6) is 0 Å². The van der Waals surface area contributed by atoms with Crippen LogP contribution in [0.1, 0.15) is 18.6 Å². The van der Waals surface area contributed by atoms with E-state index in [1.807, 2.05) is 24.3 Å². The van der Waals surface area contributed by atoms with E-state index in [2.05, 4.69) is 15.5 Å². The summed E-state index contributed by atoms with van der Waals surface area (Å²) in [7, 11) is 1.67. The lowest BCUT2D eigenvalue weighted by atomic mass is 10.1. The number of likely N-dealkylation sites (N-methyl/N-ethyl adjacent to an activating group) is 1. The molecule has 1 aromatic heterocycles. The molecule has 0 spiro atoms. The monoisotopic (exact) mass is 395 g/mol. The zero-order chi connectivity index (χ0) is 18.5. The number of piperidine rings is 1. The van der Waals surface area contributed by atoms with Gasteiger partial charge in [0.25, 0.3) is 0 Å². The maximum absolute atomic E-state index is 11.4. The average molecular weight is 396 g/mol. The van der Waals surface area contributed by atoms with Crippen LogP contribution in [0.3, 0.4) is 0 Å². The lowest BCUT2D eigenvalue weighted by Crippen LogP contribution is -2.45. The van der Waals surface area contributed by atoms with Crippen LogP contribution in [0, 0.1) is 0 Å². The summed E-state index contributed by atoms with van der Waals surface area (Å²) in [5, 5.41) is 7.26. The summed E-state index contributed by atoms with van der Waals surface area (Å²) < 4.78 is 5.92. The van der Waals surface area contributed by atoms with Gasteiger partial charge in [0.05, 0.1) is 23.1 Å². The number of benzene rings is 1. The van der Waals surface area contributed by atoms with E-state index in [1.165, 1.54) is 0 Å². The summed E-state index contributed by atoms with van der Waals surface area (Å²) in [6, 6.07) is 9.84. The van der Waals surface area contributed by atoms with Gasteiger partial charge in [-0.3, -0.25) is 9.69 Å². The van der Waals surface area contributed by atoms with Gasteiger partial charge in [0, 0.05) is 31.7 Å². The summed E-state index contributed by atoms with van der Waals surface area (Å²) in [6.07, 6.45) is 2.05. The number of hydrogen-bond donors (Lipinski definition) is 2. The van der Waals surface area contributed by atoms with Crippen LogP contribution in [0.15, 0.2) is 34.7 Å². The second-order valence-electron chi connectivity index (χ2n) is 6.50. The molecule has 0 bridgehead atoms. The predicted molar refractivity (Wildman–Crippen MR) is 105 cm³/mol. The maximum Gasteiger partial charge on any atom is 0.233 e. The molecule has 26 heavy (non-hydrogen) atoms. The predicted octanol–water partition coefficient (Wildman–Crippen LogP) is 3.55. The van der Waals surface area contributed by atoms with Crippen LogP contribution in [0.2, 0.25) is 10.0 Å². The first kappa shape index (κ1) is 19.2. The highest BCUT2D eigenvalue weighted by atomic mass is 35.5. The number of carbonyl (C=O) groups is 1. The fourth-order valence-electron chi connectivity index (χ4n) is 3.10. The number of nitrogens with zero attached hydrogens (tertiary/aromatic N) is 1. The third-order valence-electron chi connectivity index (χ3n) is 4.66. The van der Waals surface area contributed by atoms with E-state index in [9.17, 15) is 4.79 Å². The Morgan fingerprint density at radius 2 is 1.96 bits per heavy atom. The minimum Gasteiger partial charge on any atom is -0.460 e. The molecule has 140 valence electrons.